The van der Waals surface area contributed by atoms with Crippen LogP contribution in [0.1, 0.15) is 25.0 Å². The summed E-state index contributed by atoms with van der Waals surface area (Å²) < 4.78 is 0. The fourth-order valence-corrected chi connectivity index (χ4v) is 2.34. The first kappa shape index (κ1) is 12.7. The minimum absolute atomic E-state index is 0.130. The van der Waals surface area contributed by atoms with E-state index in [0.717, 1.165) is 27.5 Å². The quantitative estimate of drug-likeness (QED) is 0.778. The highest BCUT2D eigenvalue weighted by molar-refractivity contribution is 6.35. The van der Waals surface area contributed by atoms with E-state index < -0.39 is 0 Å². The maximum Gasteiger partial charge on any atom is 0.142 e. The Morgan fingerprint density at radius 1 is 1.17 bits per heavy atom. The zero-order valence-corrected chi connectivity index (χ0v) is 11.3. The van der Waals surface area contributed by atoms with E-state index in [1.165, 1.54) is 0 Å². The fourth-order valence-electron chi connectivity index (χ4n) is 2.08. The van der Waals surface area contributed by atoms with Gasteiger partial charge in [0.15, 0.2) is 0 Å². The molecule has 0 atom stereocenters. The molecule has 0 heterocycles. The van der Waals surface area contributed by atoms with Crippen LogP contribution in [-0.4, -0.2) is 5.11 Å². The molecule has 0 unspecified atom stereocenters. The maximum atomic E-state index is 10.2. The molecule has 0 fully saturated rings. The molecule has 0 bridgehead atoms. The van der Waals surface area contributed by atoms with Crippen molar-refractivity contribution < 1.29 is 5.11 Å². The highest BCUT2D eigenvalue weighted by Crippen LogP contribution is 2.40. The van der Waals surface area contributed by atoms with Crippen molar-refractivity contribution in [1.29, 1.82) is 0 Å². The molecule has 2 aromatic carbocycles. The molecule has 0 saturated heterocycles. The van der Waals surface area contributed by atoms with E-state index in [4.69, 9.17) is 11.6 Å². The van der Waals surface area contributed by atoms with Gasteiger partial charge in [-0.1, -0.05) is 60.2 Å². The Hall–Kier alpha value is -1.73. The summed E-state index contributed by atoms with van der Waals surface area (Å²) in [6.07, 6.45) is 3.74. The molecule has 0 radical (unpaired) electrons. The van der Waals surface area contributed by atoms with Gasteiger partial charge in [-0.2, -0.15) is 0 Å². The minimum atomic E-state index is 0.130. The molecule has 0 aliphatic rings. The van der Waals surface area contributed by atoms with E-state index in [-0.39, 0.29) is 5.75 Å². The number of aromatic hydroxyl groups is 1. The van der Waals surface area contributed by atoms with Crippen LogP contribution in [0.2, 0.25) is 5.02 Å². The normalized spacial score (nSPS) is 10.4. The van der Waals surface area contributed by atoms with Crippen LogP contribution < -0.4 is 0 Å². The van der Waals surface area contributed by atoms with Crippen LogP contribution in [0.5, 0.6) is 5.75 Å². The molecule has 0 spiro atoms. The van der Waals surface area contributed by atoms with Gasteiger partial charge in [0, 0.05) is 10.9 Å². The number of benzene rings is 2. The highest BCUT2D eigenvalue weighted by Gasteiger charge is 2.14. The number of phenols is 1. The smallest absolute Gasteiger partial charge is 0.142 e. The molecule has 2 heteroatoms. The second kappa shape index (κ2) is 4.87. The summed E-state index contributed by atoms with van der Waals surface area (Å²) in [6, 6.07) is 7.64. The van der Waals surface area contributed by atoms with Gasteiger partial charge in [0.2, 0.25) is 0 Å². The van der Waals surface area contributed by atoms with Crippen LogP contribution in [0.3, 0.4) is 0 Å². The first-order valence-corrected chi connectivity index (χ1v) is 6.14. The van der Waals surface area contributed by atoms with Gasteiger partial charge in [-0.3, -0.25) is 0 Å². The van der Waals surface area contributed by atoms with Gasteiger partial charge < -0.3 is 5.11 Å². The third-order valence-corrected chi connectivity index (χ3v) is 3.23. The first-order chi connectivity index (χ1) is 8.56. The summed E-state index contributed by atoms with van der Waals surface area (Å²) in [6.45, 7) is 7.84. The number of allylic oxidation sites excluding steroid dienone is 1. The molecule has 92 valence electrons. The van der Waals surface area contributed by atoms with E-state index in [9.17, 15) is 5.11 Å². The second-order valence-corrected chi connectivity index (χ2v) is 4.84. The Morgan fingerprint density at radius 3 is 2.33 bits per heavy atom. The Kier molecular flexibility index (Phi) is 3.44. The standard InChI is InChI=1S/C16H15ClO/c1-4-11-12-7-5-6-8-13(12)16(18)15(17)14(11)9-10(2)3/h4-9,18H,1H2,2-3H3. The Labute approximate surface area is 112 Å². The number of hydrogen-bond acceptors (Lipinski definition) is 1. The van der Waals surface area contributed by atoms with Crippen LogP contribution in [0.25, 0.3) is 22.9 Å². The van der Waals surface area contributed by atoms with Crippen molar-refractivity contribution in [1.82, 2.24) is 0 Å². The summed E-state index contributed by atoms with van der Waals surface area (Å²) in [5.41, 5.74) is 2.90. The number of halogens is 1. The monoisotopic (exact) mass is 258 g/mol. The fraction of sp³-hybridized carbons (Fsp3) is 0.125. The third-order valence-electron chi connectivity index (χ3n) is 2.84. The molecule has 0 amide bonds. The van der Waals surface area contributed by atoms with E-state index in [0.29, 0.717) is 5.02 Å². The summed E-state index contributed by atoms with van der Waals surface area (Å²) in [5.74, 6) is 0.130. The molecule has 0 saturated carbocycles. The maximum absolute atomic E-state index is 10.2. The van der Waals surface area contributed by atoms with Crippen molar-refractivity contribution in [3.8, 4) is 5.75 Å². The van der Waals surface area contributed by atoms with Gasteiger partial charge in [-0.25, -0.2) is 0 Å². The summed E-state index contributed by atoms with van der Waals surface area (Å²) in [4.78, 5) is 0. The van der Waals surface area contributed by atoms with Gasteiger partial charge in [0.25, 0.3) is 0 Å². The molecule has 0 aromatic heterocycles. The number of hydrogen-bond donors (Lipinski definition) is 1. The van der Waals surface area contributed by atoms with Crippen molar-refractivity contribution >= 4 is 34.5 Å². The van der Waals surface area contributed by atoms with Gasteiger partial charge in [-0.15, -0.1) is 0 Å². The largest absolute Gasteiger partial charge is 0.506 e. The lowest BCUT2D eigenvalue weighted by Gasteiger charge is -2.12. The average Bonchev–Trinajstić information content (AvgIpc) is 2.36. The molecule has 2 rings (SSSR count). The van der Waals surface area contributed by atoms with E-state index in [1.54, 1.807) is 6.08 Å². The predicted octanol–water partition coefficient (Wildman–Crippen LogP) is 5.27. The van der Waals surface area contributed by atoms with Crippen molar-refractivity contribution in [2.24, 2.45) is 0 Å². The molecule has 1 nitrogen and oxygen atoms in total. The molecule has 0 aliphatic carbocycles. The Bertz CT molecular complexity index is 650. The van der Waals surface area contributed by atoms with E-state index >= 15 is 0 Å². The van der Waals surface area contributed by atoms with Crippen LogP contribution in [-0.2, 0) is 0 Å². The Morgan fingerprint density at radius 2 is 1.78 bits per heavy atom. The zero-order valence-electron chi connectivity index (χ0n) is 10.5. The number of fused-ring (bicyclic) bond motifs is 1. The van der Waals surface area contributed by atoms with Gasteiger partial charge in [0.1, 0.15) is 5.75 Å². The predicted molar refractivity (Wildman–Crippen MR) is 80.0 cm³/mol. The summed E-state index contributed by atoms with van der Waals surface area (Å²) in [7, 11) is 0. The molecule has 0 aliphatic heterocycles. The molecular weight excluding hydrogens is 244 g/mol. The average molecular weight is 259 g/mol. The van der Waals surface area contributed by atoms with Crippen molar-refractivity contribution in [3.63, 3.8) is 0 Å². The van der Waals surface area contributed by atoms with Crippen LogP contribution in [0.4, 0.5) is 0 Å². The van der Waals surface area contributed by atoms with Crippen molar-refractivity contribution in [2.75, 3.05) is 0 Å². The molecule has 2 aromatic rings. The van der Waals surface area contributed by atoms with Gasteiger partial charge in [0.05, 0.1) is 5.02 Å². The molecule has 1 N–H and O–H groups in total. The van der Waals surface area contributed by atoms with Gasteiger partial charge >= 0.3 is 0 Å². The number of rotatable bonds is 2. The highest BCUT2D eigenvalue weighted by atomic mass is 35.5. The van der Waals surface area contributed by atoms with Gasteiger partial charge in [-0.05, 0) is 24.8 Å². The minimum Gasteiger partial charge on any atom is -0.506 e. The Balaban J connectivity index is 2.98. The third kappa shape index (κ3) is 2.02. The number of phenolic OH excluding ortho intramolecular Hbond substituents is 1. The van der Waals surface area contributed by atoms with E-state index in [2.05, 4.69) is 6.58 Å². The SMILES string of the molecule is C=Cc1c(C=C(C)C)c(Cl)c(O)c2ccccc12. The second-order valence-electron chi connectivity index (χ2n) is 4.46. The summed E-state index contributed by atoms with van der Waals surface area (Å²) in [5, 5.41) is 12.3. The first-order valence-electron chi connectivity index (χ1n) is 5.76. The van der Waals surface area contributed by atoms with Crippen molar-refractivity contribution in [3.05, 3.63) is 52.6 Å². The topological polar surface area (TPSA) is 20.2 Å². The molecule has 18 heavy (non-hydrogen) atoms. The molecular formula is C16H15ClO. The lowest BCUT2D eigenvalue weighted by Crippen LogP contribution is -1.88. The van der Waals surface area contributed by atoms with Crippen LogP contribution >= 0.6 is 11.6 Å². The van der Waals surface area contributed by atoms with Crippen LogP contribution in [0.15, 0.2) is 36.4 Å². The lowest BCUT2D eigenvalue weighted by molar-refractivity contribution is 0.482. The van der Waals surface area contributed by atoms with Crippen molar-refractivity contribution in [2.45, 2.75) is 13.8 Å². The summed E-state index contributed by atoms with van der Waals surface area (Å²) >= 11 is 6.26. The van der Waals surface area contributed by atoms with E-state index in [1.807, 2.05) is 44.2 Å². The lowest BCUT2D eigenvalue weighted by atomic mass is 9.96. The van der Waals surface area contributed by atoms with Crippen LogP contribution in [0, 0.1) is 0 Å². The zero-order chi connectivity index (χ0) is 13.3.